The third-order valence-electron chi connectivity index (χ3n) is 2.07. The summed E-state index contributed by atoms with van der Waals surface area (Å²) in [5.74, 6) is -1.24. The molecule has 0 saturated carbocycles. The molecule has 0 aromatic heterocycles. The van der Waals surface area contributed by atoms with Crippen LogP contribution in [0.3, 0.4) is 0 Å². The summed E-state index contributed by atoms with van der Waals surface area (Å²) in [6.45, 7) is 2.33. The van der Waals surface area contributed by atoms with Crippen LogP contribution in [0.15, 0.2) is 18.2 Å². The molecule has 0 heterocycles. The molecule has 1 amide bonds. The van der Waals surface area contributed by atoms with Gasteiger partial charge in [0.2, 0.25) is 0 Å². The molecule has 86 valence electrons. The maximum atomic E-state index is 13.3. The quantitative estimate of drug-likeness (QED) is 0.613. The number of halogens is 1. The molecule has 0 spiro atoms. The molecule has 1 rings (SSSR count). The van der Waals surface area contributed by atoms with E-state index < -0.39 is 18.8 Å². The van der Waals surface area contributed by atoms with Crippen molar-refractivity contribution in [2.75, 3.05) is 6.54 Å². The summed E-state index contributed by atoms with van der Waals surface area (Å²) >= 11 is 0. The zero-order valence-corrected chi connectivity index (χ0v) is 8.90. The van der Waals surface area contributed by atoms with Crippen molar-refractivity contribution in [3.63, 3.8) is 0 Å². The van der Waals surface area contributed by atoms with Gasteiger partial charge in [0.15, 0.2) is 0 Å². The van der Waals surface area contributed by atoms with Crippen LogP contribution < -0.4 is 10.8 Å². The highest BCUT2D eigenvalue weighted by Crippen LogP contribution is 2.05. The Kier molecular flexibility index (Phi) is 4.45. The van der Waals surface area contributed by atoms with E-state index in [1.807, 2.05) is 6.92 Å². The van der Waals surface area contributed by atoms with Gasteiger partial charge in [-0.05, 0) is 24.0 Å². The summed E-state index contributed by atoms with van der Waals surface area (Å²) < 4.78 is 13.3. The molecule has 4 nitrogen and oxygen atoms in total. The summed E-state index contributed by atoms with van der Waals surface area (Å²) in [5, 5.41) is 20.3. The van der Waals surface area contributed by atoms with E-state index in [4.69, 9.17) is 10.0 Å². The molecule has 1 aromatic carbocycles. The zero-order chi connectivity index (χ0) is 12.1. The predicted molar refractivity (Wildman–Crippen MR) is 58.8 cm³/mol. The van der Waals surface area contributed by atoms with E-state index in [9.17, 15) is 9.18 Å². The third-order valence-corrected chi connectivity index (χ3v) is 2.07. The van der Waals surface area contributed by atoms with Gasteiger partial charge in [-0.1, -0.05) is 13.0 Å². The van der Waals surface area contributed by atoms with E-state index in [1.54, 1.807) is 0 Å². The van der Waals surface area contributed by atoms with Crippen molar-refractivity contribution >= 4 is 18.5 Å². The van der Waals surface area contributed by atoms with Gasteiger partial charge in [0.25, 0.3) is 5.91 Å². The van der Waals surface area contributed by atoms with Crippen LogP contribution >= 0.6 is 0 Å². The number of benzene rings is 1. The number of carbonyl (C=O) groups excluding carboxylic acids is 1. The monoisotopic (exact) mass is 225 g/mol. The lowest BCUT2D eigenvalue weighted by atomic mass is 9.79. The Bertz CT molecular complexity index is 384. The number of rotatable bonds is 4. The van der Waals surface area contributed by atoms with Crippen molar-refractivity contribution in [1.29, 1.82) is 0 Å². The van der Waals surface area contributed by atoms with Gasteiger partial charge in [0.05, 0.1) is 5.56 Å². The molecule has 0 aliphatic carbocycles. The summed E-state index contributed by atoms with van der Waals surface area (Å²) in [6, 6.07) is 3.39. The van der Waals surface area contributed by atoms with Crippen molar-refractivity contribution < 1.29 is 19.2 Å². The van der Waals surface area contributed by atoms with Gasteiger partial charge >= 0.3 is 7.12 Å². The van der Waals surface area contributed by atoms with Crippen LogP contribution in [0.1, 0.15) is 23.7 Å². The van der Waals surface area contributed by atoms with Crippen molar-refractivity contribution in [1.82, 2.24) is 5.32 Å². The van der Waals surface area contributed by atoms with Gasteiger partial charge in [-0.2, -0.15) is 0 Å². The Hall–Kier alpha value is -1.40. The molecule has 0 aliphatic heterocycles. The van der Waals surface area contributed by atoms with E-state index in [1.165, 1.54) is 6.07 Å². The first-order valence-corrected chi connectivity index (χ1v) is 5.00. The Morgan fingerprint density at radius 1 is 1.50 bits per heavy atom. The van der Waals surface area contributed by atoms with Crippen LogP contribution in [0.4, 0.5) is 4.39 Å². The highest BCUT2D eigenvalue weighted by Gasteiger charge is 2.17. The van der Waals surface area contributed by atoms with Crippen molar-refractivity contribution in [2.45, 2.75) is 13.3 Å². The summed E-state index contributed by atoms with van der Waals surface area (Å²) in [6.07, 6.45) is 0.746. The number of nitrogens with one attached hydrogen (secondary N) is 1. The van der Waals surface area contributed by atoms with Crippen molar-refractivity contribution in [2.24, 2.45) is 0 Å². The fraction of sp³-hybridized carbons (Fsp3) is 0.300. The highest BCUT2D eigenvalue weighted by molar-refractivity contribution is 6.58. The molecule has 0 bridgehead atoms. The number of hydrogen-bond donors (Lipinski definition) is 3. The second-order valence-electron chi connectivity index (χ2n) is 3.37. The normalized spacial score (nSPS) is 10.0. The minimum atomic E-state index is -1.71. The molecule has 0 fully saturated rings. The van der Waals surface area contributed by atoms with E-state index in [0.717, 1.165) is 18.6 Å². The second-order valence-corrected chi connectivity index (χ2v) is 3.37. The Labute approximate surface area is 93.2 Å². The maximum absolute atomic E-state index is 13.3. The van der Waals surface area contributed by atoms with E-state index in [2.05, 4.69) is 5.32 Å². The number of hydrogen-bond acceptors (Lipinski definition) is 3. The largest absolute Gasteiger partial charge is 0.488 e. The minimum absolute atomic E-state index is 0.0862. The average Bonchev–Trinajstić information content (AvgIpc) is 2.26. The van der Waals surface area contributed by atoms with Crippen molar-refractivity contribution in [3.05, 3.63) is 29.6 Å². The second kappa shape index (κ2) is 5.62. The van der Waals surface area contributed by atoms with Gasteiger partial charge in [0, 0.05) is 6.54 Å². The molecule has 6 heteroatoms. The Morgan fingerprint density at radius 3 is 2.75 bits per heavy atom. The number of amides is 1. The standard InChI is InChI=1S/C10H13BFNO3/c1-2-5-13-10(14)8-6-7(11(15)16)3-4-9(8)12/h3-4,6,15-16H,2,5H2,1H3,(H,13,14). The first-order valence-electron chi connectivity index (χ1n) is 5.00. The fourth-order valence-corrected chi connectivity index (χ4v) is 1.21. The zero-order valence-electron chi connectivity index (χ0n) is 8.90. The van der Waals surface area contributed by atoms with Gasteiger partial charge in [-0.3, -0.25) is 4.79 Å². The Morgan fingerprint density at radius 2 is 2.19 bits per heavy atom. The van der Waals surface area contributed by atoms with E-state index in [0.29, 0.717) is 6.54 Å². The molecule has 16 heavy (non-hydrogen) atoms. The molecule has 3 N–H and O–H groups in total. The molecule has 0 radical (unpaired) electrons. The van der Waals surface area contributed by atoms with Gasteiger partial charge in [-0.15, -0.1) is 0 Å². The topological polar surface area (TPSA) is 69.6 Å². The molecular formula is C10H13BFNO3. The van der Waals surface area contributed by atoms with Gasteiger partial charge in [0.1, 0.15) is 5.82 Å². The number of carbonyl (C=O) groups is 1. The summed E-state index contributed by atoms with van der Waals surface area (Å²) in [5.41, 5.74) is -0.0953. The third kappa shape index (κ3) is 3.05. The first kappa shape index (κ1) is 12.7. The van der Waals surface area contributed by atoms with Crippen LogP contribution in [-0.4, -0.2) is 29.6 Å². The van der Waals surface area contributed by atoms with Crippen LogP contribution in [-0.2, 0) is 0 Å². The van der Waals surface area contributed by atoms with Crippen molar-refractivity contribution in [3.8, 4) is 0 Å². The van der Waals surface area contributed by atoms with Crippen LogP contribution in [0.25, 0.3) is 0 Å². The molecule has 0 aliphatic rings. The minimum Gasteiger partial charge on any atom is -0.423 e. The Balaban J connectivity index is 2.93. The smallest absolute Gasteiger partial charge is 0.423 e. The molecule has 0 unspecified atom stereocenters. The highest BCUT2D eigenvalue weighted by atomic mass is 19.1. The lowest BCUT2D eigenvalue weighted by Gasteiger charge is -2.06. The predicted octanol–water partition coefficient (Wildman–Crippen LogP) is -0.355. The molecule has 1 aromatic rings. The van der Waals surface area contributed by atoms with Crippen LogP contribution in [0, 0.1) is 5.82 Å². The van der Waals surface area contributed by atoms with Crippen LogP contribution in [0.5, 0.6) is 0 Å². The molecule has 0 saturated heterocycles. The van der Waals surface area contributed by atoms with Gasteiger partial charge in [-0.25, -0.2) is 4.39 Å². The fourth-order valence-electron chi connectivity index (χ4n) is 1.21. The summed E-state index contributed by atoms with van der Waals surface area (Å²) in [4.78, 5) is 11.5. The summed E-state index contributed by atoms with van der Waals surface area (Å²) in [7, 11) is -1.71. The van der Waals surface area contributed by atoms with E-state index >= 15 is 0 Å². The molecular weight excluding hydrogens is 212 g/mol. The van der Waals surface area contributed by atoms with Crippen LogP contribution in [0.2, 0.25) is 0 Å². The average molecular weight is 225 g/mol. The van der Waals surface area contributed by atoms with Gasteiger partial charge < -0.3 is 15.4 Å². The molecule has 0 atom stereocenters. The first-order chi connectivity index (χ1) is 7.56. The SMILES string of the molecule is CCCNC(=O)c1cc(B(O)O)ccc1F. The lowest BCUT2D eigenvalue weighted by molar-refractivity contribution is 0.0949. The maximum Gasteiger partial charge on any atom is 0.488 e. The van der Waals surface area contributed by atoms with E-state index in [-0.39, 0.29) is 11.0 Å². The lowest BCUT2D eigenvalue weighted by Crippen LogP contribution is -2.32.